The summed E-state index contributed by atoms with van der Waals surface area (Å²) < 4.78 is 7.02. The summed E-state index contributed by atoms with van der Waals surface area (Å²) in [5.74, 6) is 0.324. The zero-order valence-corrected chi connectivity index (χ0v) is 13.5. The molecule has 1 aromatic carbocycles. The third-order valence-electron chi connectivity index (χ3n) is 3.93. The Morgan fingerprint density at radius 3 is 2.58 bits per heavy atom. The molecular formula is C19H20N2O3. The Hall–Kier alpha value is -2.79. The van der Waals surface area contributed by atoms with Gasteiger partial charge in [-0.25, -0.2) is 0 Å². The number of benzene rings is 1. The highest BCUT2D eigenvalue weighted by molar-refractivity contribution is 5.92. The van der Waals surface area contributed by atoms with E-state index in [1.807, 2.05) is 49.6 Å². The van der Waals surface area contributed by atoms with Crippen molar-refractivity contribution in [2.45, 2.75) is 12.6 Å². The number of hydrogen-bond donors (Lipinski definition) is 1. The maximum atomic E-state index is 12.9. The largest absolute Gasteiger partial charge is 0.467 e. The highest BCUT2D eigenvalue weighted by Crippen LogP contribution is 2.18. The van der Waals surface area contributed by atoms with Crippen LogP contribution in [-0.2, 0) is 13.6 Å². The molecule has 0 fully saturated rings. The maximum absolute atomic E-state index is 12.9. The minimum atomic E-state index is -0.868. The molecule has 24 heavy (non-hydrogen) atoms. The van der Waals surface area contributed by atoms with E-state index in [1.54, 1.807) is 27.7 Å². The third-order valence-corrected chi connectivity index (χ3v) is 3.93. The quantitative estimate of drug-likeness (QED) is 0.758. The fourth-order valence-electron chi connectivity index (χ4n) is 2.65. The van der Waals surface area contributed by atoms with Gasteiger partial charge in [-0.2, -0.15) is 0 Å². The molecule has 0 spiro atoms. The van der Waals surface area contributed by atoms with Crippen molar-refractivity contribution in [2.24, 2.45) is 7.05 Å². The van der Waals surface area contributed by atoms with Crippen LogP contribution in [0.2, 0.25) is 0 Å². The van der Waals surface area contributed by atoms with Crippen molar-refractivity contribution in [3.63, 3.8) is 0 Å². The van der Waals surface area contributed by atoms with Gasteiger partial charge < -0.3 is 19.0 Å². The van der Waals surface area contributed by atoms with Crippen LogP contribution in [0.3, 0.4) is 0 Å². The van der Waals surface area contributed by atoms with Crippen molar-refractivity contribution in [2.75, 3.05) is 6.54 Å². The SMILES string of the molecule is Cn1cccc1C(=O)N(Cc1ccccc1)CC(O)c1ccco1. The number of aryl methyl sites for hydroxylation is 1. The molecule has 1 N–H and O–H groups in total. The third kappa shape index (κ3) is 3.58. The van der Waals surface area contributed by atoms with Crippen molar-refractivity contribution in [3.8, 4) is 0 Å². The minimum Gasteiger partial charge on any atom is -0.467 e. The summed E-state index contributed by atoms with van der Waals surface area (Å²) >= 11 is 0. The number of nitrogens with zero attached hydrogens (tertiary/aromatic N) is 2. The van der Waals surface area contributed by atoms with Gasteiger partial charge in [0.15, 0.2) is 0 Å². The van der Waals surface area contributed by atoms with Crippen LogP contribution in [0.4, 0.5) is 0 Å². The lowest BCUT2D eigenvalue weighted by Crippen LogP contribution is -2.35. The van der Waals surface area contributed by atoms with Crippen LogP contribution in [0.25, 0.3) is 0 Å². The highest BCUT2D eigenvalue weighted by Gasteiger charge is 2.23. The molecule has 0 aliphatic rings. The predicted molar refractivity (Wildman–Crippen MR) is 90.3 cm³/mol. The normalized spacial score (nSPS) is 12.1. The fraction of sp³-hybridized carbons (Fsp3) is 0.211. The topological polar surface area (TPSA) is 58.6 Å². The van der Waals surface area contributed by atoms with E-state index in [9.17, 15) is 9.90 Å². The molecule has 2 aromatic heterocycles. The lowest BCUT2D eigenvalue weighted by Gasteiger charge is -2.25. The first-order valence-electron chi connectivity index (χ1n) is 7.81. The molecule has 2 heterocycles. The number of aromatic nitrogens is 1. The van der Waals surface area contributed by atoms with Crippen LogP contribution in [0.1, 0.15) is 27.9 Å². The Bertz CT molecular complexity index is 778. The standard InChI is InChI=1S/C19H20N2O3/c1-20-11-5-9-16(20)19(23)21(13-15-7-3-2-4-8-15)14-17(22)18-10-6-12-24-18/h2-12,17,22H,13-14H2,1H3. The number of carbonyl (C=O) groups excluding carboxylic acids is 1. The lowest BCUT2D eigenvalue weighted by atomic mass is 10.1. The second-order valence-electron chi connectivity index (χ2n) is 5.71. The Morgan fingerprint density at radius 2 is 1.96 bits per heavy atom. The van der Waals surface area contributed by atoms with Crippen LogP contribution < -0.4 is 0 Å². The molecule has 1 atom stereocenters. The molecule has 124 valence electrons. The minimum absolute atomic E-state index is 0.128. The van der Waals surface area contributed by atoms with Gasteiger partial charge in [-0.3, -0.25) is 4.79 Å². The summed E-state index contributed by atoms with van der Waals surface area (Å²) in [7, 11) is 1.83. The molecule has 3 rings (SSSR count). The van der Waals surface area contributed by atoms with Crippen LogP contribution in [0.5, 0.6) is 0 Å². The van der Waals surface area contributed by atoms with Gasteiger partial charge in [-0.05, 0) is 29.8 Å². The fourth-order valence-corrected chi connectivity index (χ4v) is 2.65. The average Bonchev–Trinajstić information content (AvgIpc) is 3.26. The van der Waals surface area contributed by atoms with Gasteiger partial charge in [0.2, 0.25) is 0 Å². The summed E-state index contributed by atoms with van der Waals surface area (Å²) in [6, 6.07) is 16.8. The van der Waals surface area contributed by atoms with Gasteiger partial charge in [-0.1, -0.05) is 30.3 Å². The molecule has 0 saturated heterocycles. The second-order valence-corrected chi connectivity index (χ2v) is 5.71. The van der Waals surface area contributed by atoms with E-state index in [2.05, 4.69) is 0 Å². The van der Waals surface area contributed by atoms with Crippen molar-refractivity contribution in [1.82, 2.24) is 9.47 Å². The first kappa shape index (κ1) is 16.1. The molecular weight excluding hydrogens is 304 g/mol. The van der Waals surface area contributed by atoms with E-state index >= 15 is 0 Å². The van der Waals surface area contributed by atoms with Gasteiger partial charge in [0, 0.05) is 19.8 Å². The monoisotopic (exact) mass is 324 g/mol. The summed E-state index contributed by atoms with van der Waals surface area (Å²) in [6.45, 7) is 0.578. The first-order valence-corrected chi connectivity index (χ1v) is 7.81. The molecule has 5 heteroatoms. The van der Waals surface area contributed by atoms with E-state index in [-0.39, 0.29) is 12.5 Å². The molecule has 0 aliphatic carbocycles. The van der Waals surface area contributed by atoms with Gasteiger partial charge in [0.05, 0.1) is 12.8 Å². The van der Waals surface area contributed by atoms with Crippen LogP contribution in [0.15, 0.2) is 71.5 Å². The zero-order valence-electron chi connectivity index (χ0n) is 13.5. The van der Waals surface area contributed by atoms with E-state index in [4.69, 9.17) is 4.42 Å². The number of furan rings is 1. The lowest BCUT2D eigenvalue weighted by molar-refractivity contribution is 0.0555. The Kier molecular flexibility index (Phi) is 4.82. The van der Waals surface area contributed by atoms with Crippen LogP contribution in [0, 0.1) is 0 Å². The molecule has 0 radical (unpaired) electrons. The maximum Gasteiger partial charge on any atom is 0.270 e. The number of carbonyl (C=O) groups is 1. The molecule has 0 aliphatic heterocycles. The van der Waals surface area contributed by atoms with E-state index in [0.717, 1.165) is 5.56 Å². The number of aliphatic hydroxyl groups excluding tert-OH is 1. The van der Waals surface area contributed by atoms with Crippen LogP contribution >= 0.6 is 0 Å². The summed E-state index contributed by atoms with van der Waals surface area (Å²) in [6.07, 6.45) is 2.48. The average molecular weight is 324 g/mol. The van der Waals surface area contributed by atoms with Gasteiger partial charge >= 0.3 is 0 Å². The molecule has 0 bridgehead atoms. The predicted octanol–water partition coefficient (Wildman–Crippen LogP) is 2.99. The van der Waals surface area contributed by atoms with E-state index < -0.39 is 6.10 Å². The van der Waals surface area contributed by atoms with E-state index in [0.29, 0.717) is 18.0 Å². The van der Waals surface area contributed by atoms with Gasteiger partial charge in [-0.15, -0.1) is 0 Å². The number of hydrogen-bond acceptors (Lipinski definition) is 3. The Labute approximate surface area is 140 Å². The first-order chi connectivity index (χ1) is 11.6. The van der Waals surface area contributed by atoms with Crippen molar-refractivity contribution in [1.29, 1.82) is 0 Å². The highest BCUT2D eigenvalue weighted by atomic mass is 16.4. The smallest absolute Gasteiger partial charge is 0.270 e. The summed E-state index contributed by atoms with van der Waals surface area (Å²) in [5.41, 5.74) is 1.59. The van der Waals surface area contributed by atoms with Crippen molar-refractivity contribution in [3.05, 3.63) is 84.1 Å². The number of aliphatic hydroxyl groups is 1. The second kappa shape index (κ2) is 7.19. The van der Waals surface area contributed by atoms with Crippen LogP contribution in [-0.4, -0.2) is 27.0 Å². The Morgan fingerprint density at radius 1 is 1.17 bits per heavy atom. The Balaban J connectivity index is 1.83. The summed E-state index contributed by atoms with van der Waals surface area (Å²) in [5, 5.41) is 10.4. The number of amides is 1. The van der Waals surface area contributed by atoms with Crippen molar-refractivity contribution >= 4 is 5.91 Å². The molecule has 1 unspecified atom stereocenters. The molecule has 0 saturated carbocycles. The number of rotatable bonds is 6. The summed E-state index contributed by atoms with van der Waals surface area (Å²) in [4.78, 5) is 14.5. The van der Waals surface area contributed by atoms with Gasteiger partial charge in [0.1, 0.15) is 17.6 Å². The van der Waals surface area contributed by atoms with Gasteiger partial charge in [0.25, 0.3) is 5.91 Å². The zero-order chi connectivity index (χ0) is 16.9. The van der Waals surface area contributed by atoms with Crippen molar-refractivity contribution < 1.29 is 14.3 Å². The molecule has 1 amide bonds. The van der Waals surface area contributed by atoms with E-state index in [1.165, 1.54) is 6.26 Å². The molecule has 5 nitrogen and oxygen atoms in total. The molecule has 3 aromatic rings.